The number of likely N-dealkylation sites (tertiary alicyclic amines) is 1. The summed E-state index contributed by atoms with van der Waals surface area (Å²) >= 11 is 0. The average molecular weight is 341 g/mol. The Balaban J connectivity index is 1.49. The fourth-order valence-corrected chi connectivity index (χ4v) is 3.40. The highest BCUT2D eigenvalue weighted by atomic mass is 16.2. The van der Waals surface area contributed by atoms with Gasteiger partial charge in [0.1, 0.15) is 11.6 Å². The molecule has 1 aliphatic heterocycles. The van der Waals surface area contributed by atoms with Crippen molar-refractivity contribution in [3.8, 4) is 0 Å². The Kier molecular flexibility index (Phi) is 3.94. The summed E-state index contributed by atoms with van der Waals surface area (Å²) in [5.74, 6) is 0.681. The van der Waals surface area contributed by atoms with Gasteiger partial charge in [-0.15, -0.1) is 0 Å². The molecule has 1 unspecified atom stereocenters. The van der Waals surface area contributed by atoms with Crippen LogP contribution in [0, 0.1) is 5.92 Å². The van der Waals surface area contributed by atoms with E-state index >= 15 is 0 Å². The fraction of sp³-hybridized carbons (Fsp3) is 0.556. The minimum atomic E-state index is -0.553. The first kappa shape index (κ1) is 16.1. The number of aromatic amines is 1. The van der Waals surface area contributed by atoms with Crippen molar-refractivity contribution < 1.29 is 9.59 Å². The molecule has 25 heavy (non-hydrogen) atoms. The Morgan fingerprint density at radius 3 is 2.84 bits per heavy atom. The lowest BCUT2D eigenvalue weighted by molar-refractivity contribution is -0.131. The quantitative estimate of drug-likeness (QED) is 0.887. The van der Waals surface area contributed by atoms with Crippen molar-refractivity contribution in [1.29, 1.82) is 0 Å². The van der Waals surface area contributed by atoms with Crippen molar-refractivity contribution in [3.05, 3.63) is 23.7 Å². The third kappa shape index (κ3) is 3.10. The Morgan fingerprint density at radius 2 is 2.16 bits per heavy atom. The van der Waals surface area contributed by atoms with E-state index in [0.717, 1.165) is 38.0 Å². The number of hydrogen-bond donors (Lipinski definition) is 2. The molecule has 2 atom stereocenters. The molecule has 2 amide bonds. The van der Waals surface area contributed by atoms with Gasteiger partial charge in [0.05, 0.1) is 17.5 Å². The van der Waals surface area contributed by atoms with Gasteiger partial charge in [0.15, 0.2) is 5.65 Å². The molecule has 4 rings (SSSR count). The Bertz CT molecular complexity index is 826. The summed E-state index contributed by atoms with van der Waals surface area (Å²) in [6.45, 7) is 5.41. The predicted octanol–water partition coefficient (Wildman–Crippen LogP) is 1.82. The summed E-state index contributed by atoms with van der Waals surface area (Å²) in [4.78, 5) is 38.9. The highest BCUT2D eigenvalue weighted by molar-refractivity contribution is 6.05. The zero-order valence-corrected chi connectivity index (χ0v) is 14.6. The number of nitrogens with one attached hydrogen (secondary N) is 2. The normalized spacial score (nSPS) is 21.5. The second-order valence-corrected chi connectivity index (χ2v) is 7.34. The van der Waals surface area contributed by atoms with Crippen LogP contribution in [0.2, 0.25) is 0 Å². The predicted molar refractivity (Wildman–Crippen MR) is 93.2 cm³/mol. The van der Waals surface area contributed by atoms with E-state index in [4.69, 9.17) is 0 Å². The molecule has 7 heteroatoms. The van der Waals surface area contributed by atoms with Gasteiger partial charge in [0.2, 0.25) is 5.91 Å². The molecular formula is C18H23N5O2. The lowest BCUT2D eigenvalue weighted by atomic mass is 10.2. The second kappa shape index (κ2) is 6.13. The van der Waals surface area contributed by atoms with Crippen molar-refractivity contribution >= 4 is 23.0 Å². The van der Waals surface area contributed by atoms with E-state index in [1.54, 1.807) is 19.3 Å². The second-order valence-electron chi connectivity index (χ2n) is 7.34. The molecule has 1 aliphatic carbocycles. The Morgan fingerprint density at radius 1 is 1.36 bits per heavy atom. The molecule has 2 aromatic heterocycles. The summed E-state index contributed by atoms with van der Waals surface area (Å²) < 4.78 is 0. The summed E-state index contributed by atoms with van der Waals surface area (Å²) in [5, 5.41) is 2.81. The molecule has 7 nitrogen and oxygen atoms in total. The smallest absolute Gasteiger partial charge is 0.255 e. The highest BCUT2D eigenvalue weighted by Gasteiger charge is 2.29. The molecule has 0 bridgehead atoms. The molecule has 2 aliphatic rings. The van der Waals surface area contributed by atoms with Crippen molar-refractivity contribution in [3.63, 3.8) is 0 Å². The van der Waals surface area contributed by atoms with Crippen molar-refractivity contribution in [2.45, 2.75) is 45.1 Å². The first-order valence-corrected chi connectivity index (χ1v) is 8.96. The van der Waals surface area contributed by atoms with Crippen LogP contribution in [0.1, 0.15) is 55.1 Å². The van der Waals surface area contributed by atoms with Crippen LogP contribution < -0.4 is 5.32 Å². The van der Waals surface area contributed by atoms with Gasteiger partial charge in [-0.2, -0.15) is 0 Å². The minimum Gasteiger partial charge on any atom is -0.344 e. The van der Waals surface area contributed by atoms with E-state index in [9.17, 15) is 9.59 Å². The molecular weight excluding hydrogens is 318 g/mol. The first-order chi connectivity index (χ1) is 12.0. The van der Waals surface area contributed by atoms with Crippen molar-refractivity contribution in [2.75, 3.05) is 13.1 Å². The van der Waals surface area contributed by atoms with Gasteiger partial charge in [-0.25, -0.2) is 9.97 Å². The van der Waals surface area contributed by atoms with Crippen LogP contribution in [-0.4, -0.2) is 50.8 Å². The number of amides is 2. The number of fused-ring (bicyclic) bond motifs is 1. The summed E-state index contributed by atoms with van der Waals surface area (Å²) in [5.41, 5.74) is 2.56. The third-order valence-electron chi connectivity index (χ3n) is 5.09. The molecule has 0 spiro atoms. The van der Waals surface area contributed by atoms with Crippen LogP contribution in [0.25, 0.3) is 11.2 Å². The maximum absolute atomic E-state index is 12.6. The molecule has 1 saturated heterocycles. The molecule has 1 saturated carbocycles. The molecule has 2 fully saturated rings. The number of aromatic nitrogens is 3. The van der Waals surface area contributed by atoms with Gasteiger partial charge in [-0.1, -0.05) is 6.92 Å². The SMILES string of the molecule is CC1CCN(C(=O)[C@@H](C)NC(=O)c2c[nH]c3ncc(C4CC4)nc23)C1. The van der Waals surface area contributed by atoms with E-state index in [1.165, 1.54) is 0 Å². The maximum atomic E-state index is 12.6. The van der Waals surface area contributed by atoms with Gasteiger partial charge in [-0.05, 0) is 32.1 Å². The number of carbonyl (C=O) groups is 2. The van der Waals surface area contributed by atoms with Gasteiger partial charge in [-0.3, -0.25) is 9.59 Å². The van der Waals surface area contributed by atoms with Crippen LogP contribution in [0.5, 0.6) is 0 Å². The molecule has 0 radical (unpaired) electrons. The summed E-state index contributed by atoms with van der Waals surface area (Å²) in [6, 6.07) is -0.553. The number of carbonyl (C=O) groups excluding carboxylic acids is 2. The average Bonchev–Trinajstić information content (AvgIpc) is 3.22. The minimum absolute atomic E-state index is 0.0257. The monoisotopic (exact) mass is 341 g/mol. The number of nitrogens with zero attached hydrogens (tertiary/aromatic N) is 3. The number of hydrogen-bond acceptors (Lipinski definition) is 4. The largest absolute Gasteiger partial charge is 0.344 e. The van der Waals surface area contributed by atoms with E-state index in [2.05, 4.69) is 27.2 Å². The molecule has 132 valence electrons. The Labute approximate surface area is 146 Å². The number of H-pyrrole nitrogens is 1. The van der Waals surface area contributed by atoms with E-state index in [0.29, 0.717) is 28.6 Å². The van der Waals surface area contributed by atoms with Crippen LogP contribution in [-0.2, 0) is 4.79 Å². The summed E-state index contributed by atoms with van der Waals surface area (Å²) in [7, 11) is 0. The van der Waals surface area contributed by atoms with Crippen LogP contribution >= 0.6 is 0 Å². The first-order valence-electron chi connectivity index (χ1n) is 8.96. The van der Waals surface area contributed by atoms with Crippen molar-refractivity contribution in [2.24, 2.45) is 5.92 Å². The Hall–Kier alpha value is -2.44. The zero-order chi connectivity index (χ0) is 17.6. The molecule has 0 aromatic carbocycles. The lowest BCUT2D eigenvalue weighted by Gasteiger charge is -2.21. The topological polar surface area (TPSA) is 91.0 Å². The van der Waals surface area contributed by atoms with Crippen molar-refractivity contribution in [1.82, 2.24) is 25.2 Å². The summed E-state index contributed by atoms with van der Waals surface area (Å²) in [6.07, 6.45) is 6.68. The van der Waals surface area contributed by atoms with Crippen LogP contribution in [0.15, 0.2) is 12.4 Å². The van der Waals surface area contributed by atoms with Crippen LogP contribution in [0.4, 0.5) is 0 Å². The van der Waals surface area contributed by atoms with Gasteiger partial charge in [0, 0.05) is 25.2 Å². The standard InChI is InChI=1S/C18H23N5O2/c1-10-5-6-23(9-10)18(25)11(2)21-17(24)13-7-19-16-15(13)22-14(8-20-16)12-3-4-12/h7-8,10-12H,3-6,9H2,1-2H3,(H,19,20)(H,21,24)/t10?,11-/m1/s1. The zero-order valence-electron chi connectivity index (χ0n) is 14.6. The lowest BCUT2D eigenvalue weighted by Crippen LogP contribution is -2.46. The van der Waals surface area contributed by atoms with E-state index < -0.39 is 6.04 Å². The molecule has 2 aromatic rings. The molecule has 3 heterocycles. The van der Waals surface area contributed by atoms with Gasteiger partial charge >= 0.3 is 0 Å². The van der Waals surface area contributed by atoms with E-state index in [1.807, 2.05) is 4.90 Å². The fourth-order valence-electron chi connectivity index (χ4n) is 3.40. The van der Waals surface area contributed by atoms with E-state index in [-0.39, 0.29) is 11.8 Å². The molecule has 2 N–H and O–H groups in total. The van der Waals surface area contributed by atoms with Gasteiger partial charge in [0.25, 0.3) is 5.91 Å². The highest BCUT2D eigenvalue weighted by Crippen LogP contribution is 2.39. The van der Waals surface area contributed by atoms with Crippen LogP contribution in [0.3, 0.4) is 0 Å². The third-order valence-corrected chi connectivity index (χ3v) is 5.09. The van der Waals surface area contributed by atoms with Gasteiger partial charge < -0.3 is 15.2 Å². The number of rotatable bonds is 4. The maximum Gasteiger partial charge on any atom is 0.255 e.